The molecule has 2 fully saturated rings. The van der Waals surface area contributed by atoms with Crippen LogP contribution in [0.4, 0.5) is 0 Å². The summed E-state index contributed by atoms with van der Waals surface area (Å²) in [5.74, 6) is 0.215. The number of sulfonamides is 1. The number of amides is 1. The molecule has 40 heavy (non-hydrogen) atoms. The molecule has 3 heterocycles. The van der Waals surface area contributed by atoms with E-state index < -0.39 is 21.7 Å². The highest BCUT2D eigenvalue weighted by Crippen LogP contribution is 2.46. The molecule has 1 amide bonds. The second-order valence-corrected chi connectivity index (χ2v) is 15.6. The number of hydrogen-bond acceptors (Lipinski definition) is 6. The molecule has 3 aliphatic rings. The zero-order chi connectivity index (χ0) is 28.8. The summed E-state index contributed by atoms with van der Waals surface area (Å²) in [5, 5.41) is 21.2. The number of likely N-dealkylation sites (tertiary alicyclic amines) is 1. The number of fused-ring (bicyclic) bond motifs is 2. The molecule has 5 rings (SSSR count). The molecule has 1 aromatic carbocycles. The van der Waals surface area contributed by atoms with E-state index in [-0.39, 0.29) is 50.1 Å². The molecule has 2 N–H and O–H groups in total. The first kappa shape index (κ1) is 30.4. The maximum absolute atomic E-state index is 13.5. The van der Waals surface area contributed by atoms with E-state index in [9.17, 15) is 23.4 Å². The minimum atomic E-state index is -3.36. The predicted octanol–water partition coefficient (Wildman–Crippen LogP) is 4.47. The minimum absolute atomic E-state index is 0.0122. The normalized spacial score (nSPS) is 22.1. The number of piperidine rings is 2. The molecular formula is C28H34Br2ClN3O5S. The first-order chi connectivity index (χ1) is 18.9. The van der Waals surface area contributed by atoms with Crippen LogP contribution in [0, 0.1) is 11.3 Å². The van der Waals surface area contributed by atoms with Gasteiger partial charge in [-0.3, -0.25) is 9.78 Å². The number of hydrogen-bond donors (Lipinski definition) is 2. The Bertz CT molecular complexity index is 1390. The first-order valence-corrected chi connectivity index (χ1v) is 17.4. The van der Waals surface area contributed by atoms with Crippen molar-refractivity contribution in [2.24, 2.45) is 11.3 Å². The van der Waals surface area contributed by atoms with Crippen molar-refractivity contribution >= 4 is 59.4 Å². The zero-order valence-corrected chi connectivity index (χ0v) is 27.1. The lowest BCUT2D eigenvalue weighted by Crippen LogP contribution is -2.51. The van der Waals surface area contributed by atoms with Crippen LogP contribution >= 0.6 is 43.5 Å². The highest BCUT2D eigenvalue weighted by atomic mass is 79.9. The summed E-state index contributed by atoms with van der Waals surface area (Å²) in [6, 6.07) is 6.16. The number of rotatable bonds is 5. The van der Waals surface area contributed by atoms with Crippen LogP contribution in [-0.4, -0.2) is 77.5 Å². The lowest BCUT2D eigenvalue weighted by Gasteiger charge is -2.43. The SMILES string of the molecule is CS(=O)(=O)N1CCC(CC(=O)N2CCC([C@H]3c4ncc(Br)cc4CCc4cc(Cl)cc(Br)c43)CC2)(C(O)O)CC1. The summed E-state index contributed by atoms with van der Waals surface area (Å²) in [4.78, 5) is 20.2. The molecule has 218 valence electrons. The number of pyridine rings is 1. The number of carbonyl (C=O) groups is 1. The second kappa shape index (κ2) is 11.9. The van der Waals surface area contributed by atoms with Gasteiger partial charge in [0.25, 0.3) is 0 Å². The summed E-state index contributed by atoms with van der Waals surface area (Å²) >= 11 is 13.8. The molecule has 0 radical (unpaired) electrons. The van der Waals surface area contributed by atoms with Gasteiger partial charge in [0.15, 0.2) is 6.29 Å². The van der Waals surface area contributed by atoms with Crippen LogP contribution in [0.25, 0.3) is 0 Å². The zero-order valence-electron chi connectivity index (χ0n) is 22.3. The third-order valence-electron chi connectivity index (χ3n) is 9.02. The smallest absolute Gasteiger partial charge is 0.223 e. The number of carbonyl (C=O) groups excluding carboxylic acids is 1. The van der Waals surface area contributed by atoms with E-state index in [1.54, 1.807) is 0 Å². The van der Waals surface area contributed by atoms with Crippen LogP contribution in [0.1, 0.15) is 60.4 Å². The van der Waals surface area contributed by atoms with Gasteiger partial charge in [0, 0.05) is 64.1 Å². The van der Waals surface area contributed by atoms with E-state index in [1.807, 2.05) is 17.2 Å². The number of aliphatic hydroxyl groups excluding tert-OH is 1. The summed E-state index contributed by atoms with van der Waals surface area (Å²) in [5.41, 5.74) is 3.70. The molecule has 0 saturated carbocycles. The second-order valence-electron chi connectivity index (χ2n) is 11.4. The molecule has 0 bridgehead atoms. The Labute approximate surface area is 257 Å². The fourth-order valence-electron chi connectivity index (χ4n) is 6.71. The molecule has 8 nitrogen and oxygen atoms in total. The average molecular weight is 720 g/mol. The number of nitrogens with zero attached hydrogens (tertiary/aromatic N) is 3. The van der Waals surface area contributed by atoms with Crippen molar-refractivity contribution in [2.45, 2.75) is 57.2 Å². The van der Waals surface area contributed by atoms with E-state index in [2.05, 4.69) is 44.0 Å². The van der Waals surface area contributed by atoms with Gasteiger partial charge in [-0.15, -0.1) is 0 Å². The molecule has 0 unspecified atom stereocenters. The summed E-state index contributed by atoms with van der Waals surface area (Å²) in [6.07, 6.45) is 5.09. The highest BCUT2D eigenvalue weighted by Gasteiger charge is 2.45. The van der Waals surface area contributed by atoms with Gasteiger partial charge < -0.3 is 15.1 Å². The van der Waals surface area contributed by atoms with Crippen LogP contribution in [0.2, 0.25) is 5.02 Å². The predicted molar refractivity (Wildman–Crippen MR) is 161 cm³/mol. The minimum Gasteiger partial charge on any atom is -0.368 e. The van der Waals surface area contributed by atoms with E-state index in [1.165, 1.54) is 21.0 Å². The van der Waals surface area contributed by atoms with Crippen LogP contribution in [0.5, 0.6) is 0 Å². The van der Waals surface area contributed by atoms with E-state index in [4.69, 9.17) is 16.6 Å². The van der Waals surface area contributed by atoms with Gasteiger partial charge in [-0.05, 0) is 95.3 Å². The van der Waals surface area contributed by atoms with Crippen molar-refractivity contribution in [2.75, 3.05) is 32.4 Å². The van der Waals surface area contributed by atoms with Crippen molar-refractivity contribution in [3.63, 3.8) is 0 Å². The van der Waals surface area contributed by atoms with E-state index in [0.717, 1.165) is 46.6 Å². The van der Waals surface area contributed by atoms with Gasteiger partial charge in [0.2, 0.25) is 15.9 Å². The monoisotopic (exact) mass is 717 g/mol. The average Bonchev–Trinajstić information content (AvgIpc) is 3.05. The lowest BCUT2D eigenvalue weighted by molar-refractivity contribution is -0.167. The van der Waals surface area contributed by atoms with Gasteiger partial charge in [-0.2, -0.15) is 0 Å². The highest BCUT2D eigenvalue weighted by molar-refractivity contribution is 9.10. The fraction of sp³-hybridized carbons (Fsp3) is 0.571. The molecule has 2 saturated heterocycles. The molecular weight excluding hydrogens is 686 g/mol. The van der Waals surface area contributed by atoms with Crippen molar-refractivity contribution in [1.82, 2.24) is 14.2 Å². The number of aryl methyl sites for hydroxylation is 2. The Balaban J connectivity index is 1.33. The third kappa shape index (κ3) is 6.16. The van der Waals surface area contributed by atoms with E-state index >= 15 is 0 Å². The molecule has 2 aromatic rings. The molecule has 12 heteroatoms. The standard InChI is InChI=1S/C28H34Br2ClN3O5S/c1-40(38,39)34-10-6-28(7-11-34,27(36)37)15-23(35)33-8-4-17(5-9-33)25-24-18(13-21(31)14-22(24)30)2-3-19-12-20(29)16-32-26(19)25/h12-14,16-17,25,27,36-37H,2-11,15H2,1H3/t25-/m1/s1. The number of benzene rings is 1. The number of aromatic nitrogens is 1. The van der Waals surface area contributed by atoms with Crippen molar-refractivity contribution < 1.29 is 23.4 Å². The molecule has 0 spiro atoms. The van der Waals surface area contributed by atoms with Crippen molar-refractivity contribution in [1.29, 1.82) is 0 Å². The first-order valence-electron chi connectivity index (χ1n) is 13.6. The molecule has 1 atom stereocenters. The van der Waals surface area contributed by atoms with E-state index in [0.29, 0.717) is 18.1 Å². The molecule has 1 aromatic heterocycles. The quantitative estimate of drug-likeness (QED) is 0.442. The van der Waals surface area contributed by atoms with Crippen molar-refractivity contribution in [3.8, 4) is 0 Å². The van der Waals surface area contributed by atoms with Gasteiger partial charge in [0.05, 0.1) is 11.9 Å². The Hall–Kier alpha value is -1.08. The van der Waals surface area contributed by atoms with Crippen molar-refractivity contribution in [3.05, 3.63) is 60.7 Å². The largest absolute Gasteiger partial charge is 0.368 e. The van der Waals surface area contributed by atoms with Crippen LogP contribution < -0.4 is 0 Å². The fourth-order valence-corrected chi connectivity index (χ4v) is 9.06. The Morgan fingerprint density at radius 2 is 1.75 bits per heavy atom. The third-order valence-corrected chi connectivity index (χ3v) is 11.6. The number of aliphatic hydroxyl groups is 2. The Morgan fingerprint density at radius 3 is 2.38 bits per heavy atom. The Morgan fingerprint density at radius 1 is 1.10 bits per heavy atom. The number of halogens is 3. The Kier molecular flexibility index (Phi) is 9.03. The maximum Gasteiger partial charge on any atom is 0.223 e. The molecule has 1 aliphatic carbocycles. The van der Waals surface area contributed by atoms with Gasteiger partial charge in [0.1, 0.15) is 0 Å². The van der Waals surface area contributed by atoms with Crippen LogP contribution in [-0.2, 0) is 27.7 Å². The summed E-state index contributed by atoms with van der Waals surface area (Å²) in [6.45, 7) is 1.49. The lowest BCUT2D eigenvalue weighted by atomic mass is 9.74. The van der Waals surface area contributed by atoms with Gasteiger partial charge in [-0.25, -0.2) is 12.7 Å². The summed E-state index contributed by atoms with van der Waals surface area (Å²) in [7, 11) is -3.36. The summed E-state index contributed by atoms with van der Waals surface area (Å²) < 4.78 is 27.1. The van der Waals surface area contributed by atoms with Gasteiger partial charge in [-0.1, -0.05) is 27.5 Å². The van der Waals surface area contributed by atoms with Crippen LogP contribution in [0.15, 0.2) is 33.3 Å². The molecule has 2 aliphatic heterocycles. The topological polar surface area (TPSA) is 111 Å². The van der Waals surface area contributed by atoms with Gasteiger partial charge >= 0.3 is 0 Å². The maximum atomic E-state index is 13.5. The van der Waals surface area contributed by atoms with Crippen LogP contribution in [0.3, 0.4) is 0 Å².